The van der Waals surface area contributed by atoms with Crippen molar-refractivity contribution in [2.75, 3.05) is 11.5 Å². The number of carbonyl (C=O) groups excluding carboxylic acids is 1. The van der Waals surface area contributed by atoms with Crippen LogP contribution in [0.4, 0.5) is 0 Å². The molecule has 0 radical (unpaired) electrons. The van der Waals surface area contributed by atoms with E-state index in [1.807, 2.05) is 18.2 Å². The lowest BCUT2D eigenvalue weighted by Gasteiger charge is -2.24. The van der Waals surface area contributed by atoms with Crippen LogP contribution >= 0.6 is 11.6 Å². The monoisotopic (exact) mass is 393 g/mol. The van der Waals surface area contributed by atoms with Gasteiger partial charge in [0, 0.05) is 10.6 Å². The van der Waals surface area contributed by atoms with E-state index in [9.17, 15) is 13.2 Å². The summed E-state index contributed by atoms with van der Waals surface area (Å²) in [6, 6.07) is 14.2. The van der Waals surface area contributed by atoms with Crippen molar-refractivity contribution < 1.29 is 17.9 Å². The van der Waals surface area contributed by atoms with Crippen molar-refractivity contribution >= 4 is 27.3 Å². The minimum atomic E-state index is -3.10. The van der Waals surface area contributed by atoms with E-state index in [0.29, 0.717) is 22.8 Å². The highest BCUT2D eigenvalue weighted by molar-refractivity contribution is 7.91. The van der Waals surface area contributed by atoms with Gasteiger partial charge in [-0.1, -0.05) is 41.9 Å². The average molecular weight is 394 g/mol. The van der Waals surface area contributed by atoms with Crippen LogP contribution in [0.1, 0.15) is 29.3 Å². The molecule has 7 heteroatoms. The van der Waals surface area contributed by atoms with Crippen molar-refractivity contribution in [2.45, 2.75) is 25.5 Å². The Labute approximate surface area is 158 Å². The molecule has 1 unspecified atom stereocenters. The van der Waals surface area contributed by atoms with E-state index in [-0.39, 0.29) is 24.0 Å². The number of ether oxygens (including phenoxy) is 1. The molecule has 2 aromatic carbocycles. The van der Waals surface area contributed by atoms with E-state index < -0.39 is 15.4 Å². The summed E-state index contributed by atoms with van der Waals surface area (Å²) < 4.78 is 29.3. The molecule has 3 rings (SSSR count). The van der Waals surface area contributed by atoms with Gasteiger partial charge in [0.1, 0.15) is 12.4 Å². The summed E-state index contributed by atoms with van der Waals surface area (Å²) >= 11 is 6.14. The van der Waals surface area contributed by atoms with Gasteiger partial charge in [-0.25, -0.2) is 8.42 Å². The van der Waals surface area contributed by atoms with Crippen LogP contribution in [0, 0.1) is 0 Å². The molecule has 0 aliphatic carbocycles. The van der Waals surface area contributed by atoms with E-state index >= 15 is 0 Å². The second kappa shape index (κ2) is 7.29. The smallest absolute Gasteiger partial charge is 0.255 e. The van der Waals surface area contributed by atoms with Crippen molar-refractivity contribution in [1.82, 2.24) is 5.32 Å². The summed E-state index contributed by atoms with van der Waals surface area (Å²) in [5, 5.41) is 3.45. The maximum Gasteiger partial charge on any atom is 0.255 e. The first kappa shape index (κ1) is 18.7. The zero-order valence-electron chi connectivity index (χ0n) is 14.4. The van der Waals surface area contributed by atoms with Gasteiger partial charge < -0.3 is 10.1 Å². The number of hydrogen-bond acceptors (Lipinski definition) is 4. The minimum absolute atomic E-state index is 0.0472. The SMILES string of the molecule is CC1(NC(=O)c2ccccc2OCc2ccccc2Cl)CCS(=O)(=O)C1. The normalized spacial score (nSPS) is 21.3. The highest BCUT2D eigenvalue weighted by atomic mass is 35.5. The van der Waals surface area contributed by atoms with Gasteiger partial charge in [-0.2, -0.15) is 0 Å². The van der Waals surface area contributed by atoms with E-state index in [4.69, 9.17) is 16.3 Å². The second-order valence-corrected chi connectivity index (χ2v) is 9.32. The number of benzene rings is 2. The third-order valence-electron chi connectivity index (χ3n) is 4.39. The molecular weight excluding hydrogens is 374 g/mol. The first-order valence-electron chi connectivity index (χ1n) is 8.26. The van der Waals surface area contributed by atoms with Crippen LogP contribution in [-0.4, -0.2) is 31.4 Å². The molecule has 1 aliphatic heterocycles. The number of rotatable bonds is 5. The number of amides is 1. The number of carbonyl (C=O) groups is 1. The molecule has 138 valence electrons. The summed E-state index contributed by atoms with van der Waals surface area (Å²) in [6.45, 7) is 1.98. The van der Waals surface area contributed by atoms with Crippen molar-refractivity contribution in [3.8, 4) is 5.75 Å². The molecule has 26 heavy (non-hydrogen) atoms. The highest BCUT2D eigenvalue weighted by Gasteiger charge is 2.39. The first-order valence-corrected chi connectivity index (χ1v) is 10.5. The molecule has 0 aromatic heterocycles. The molecule has 0 saturated carbocycles. The van der Waals surface area contributed by atoms with Gasteiger partial charge in [0.25, 0.3) is 5.91 Å². The number of sulfone groups is 1. The molecule has 1 aliphatic rings. The molecule has 1 saturated heterocycles. The first-order chi connectivity index (χ1) is 12.3. The van der Waals surface area contributed by atoms with Gasteiger partial charge in [0.05, 0.1) is 22.6 Å². The van der Waals surface area contributed by atoms with Gasteiger partial charge >= 0.3 is 0 Å². The molecule has 1 atom stereocenters. The predicted molar refractivity (Wildman–Crippen MR) is 101 cm³/mol. The maximum atomic E-state index is 12.7. The molecule has 1 amide bonds. The van der Waals surface area contributed by atoms with Crippen LogP contribution < -0.4 is 10.1 Å². The van der Waals surface area contributed by atoms with E-state index in [2.05, 4.69) is 5.32 Å². The summed E-state index contributed by atoms with van der Waals surface area (Å²) in [5.41, 5.74) is 0.425. The van der Waals surface area contributed by atoms with Crippen molar-refractivity contribution in [3.05, 3.63) is 64.7 Å². The Hall–Kier alpha value is -2.05. The summed E-state index contributed by atoms with van der Waals surface area (Å²) in [7, 11) is -3.10. The fraction of sp³-hybridized carbons (Fsp3) is 0.316. The Bertz CT molecular complexity index is 929. The van der Waals surface area contributed by atoms with Gasteiger partial charge in [-0.3, -0.25) is 4.79 Å². The molecule has 1 heterocycles. The number of hydrogen-bond donors (Lipinski definition) is 1. The summed E-state index contributed by atoms with van der Waals surface area (Å²) in [6.07, 6.45) is 0.406. The zero-order valence-corrected chi connectivity index (χ0v) is 15.9. The number of halogens is 1. The fourth-order valence-electron chi connectivity index (χ4n) is 3.00. The molecule has 0 spiro atoms. The molecule has 1 N–H and O–H groups in total. The highest BCUT2D eigenvalue weighted by Crippen LogP contribution is 2.26. The van der Waals surface area contributed by atoms with Crippen LogP contribution in [0.3, 0.4) is 0 Å². The second-order valence-electron chi connectivity index (χ2n) is 6.73. The van der Waals surface area contributed by atoms with E-state index in [1.54, 1.807) is 37.3 Å². The summed E-state index contributed by atoms with van der Waals surface area (Å²) in [4.78, 5) is 12.7. The molecule has 5 nitrogen and oxygen atoms in total. The number of nitrogens with one attached hydrogen (secondary N) is 1. The van der Waals surface area contributed by atoms with Crippen LogP contribution in [0.5, 0.6) is 5.75 Å². The Kier molecular flexibility index (Phi) is 5.25. The van der Waals surface area contributed by atoms with Gasteiger partial charge in [0.2, 0.25) is 0 Å². The lowest BCUT2D eigenvalue weighted by molar-refractivity contribution is 0.0911. The summed E-state index contributed by atoms with van der Waals surface area (Å²) in [5.74, 6) is 0.122. The van der Waals surface area contributed by atoms with Crippen LogP contribution in [0.25, 0.3) is 0 Å². The lowest BCUT2D eigenvalue weighted by Crippen LogP contribution is -2.47. The van der Waals surface area contributed by atoms with Gasteiger partial charge in [-0.05, 0) is 31.5 Å². The van der Waals surface area contributed by atoms with Crippen molar-refractivity contribution in [2.24, 2.45) is 0 Å². The Morgan fingerprint density at radius 1 is 1.19 bits per heavy atom. The molecule has 1 fully saturated rings. The molecular formula is C19H20ClNO4S. The van der Waals surface area contributed by atoms with E-state index in [1.165, 1.54) is 0 Å². The third kappa shape index (κ3) is 4.37. The van der Waals surface area contributed by atoms with Gasteiger partial charge in [0.15, 0.2) is 9.84 Å². The topological polar surface area (TPSA) is 72.5 Å². The van der Waals surface area contributed by atoms with Crippen LogP contribution in [0.2, 0.25) is 5.02 Å². The lowest BCUT2D eigenvalue weighted by atomic mass is 10.0. The average Bonchev–Trinajstić information content (AvgIpc) is 2.87. The quantitative estimate of drug-likeness (QED) is 0.846. The van der Waals surface area contributed by atoms with Gasteiger partial charge in [-0.15, -0.1) is 0 Å². The predicted octanol–water partition coefficient (Wildman–Crippen LogP) is 3.23. The Balaban J connectivity index is 1.74. The van der Waals surface area contributed by atoms with E-state index in [0.717, 1.165) is 5.56 Å². The Morgan fingerprint density at radius 2 is 1.88 bits per heavy atom. The maximum absolute atomic E-state index is 12.7. The van der Waals surface area contributed by atoms with Crippen LogP contribution in [0.15, 0.2) is 48.5 Å². The number of para-hydroxylation sites is 1. The third-order valence-corrected chi connectivity index (χ3v) is 6.66. The van der Waals surface area contributed by atoms with Crippen LogP contribution in [-0.2, 0) is 16.4 Å². The fourth-order valence-corrected chi connectivity index (χ4v) is 5.28. The minimum Gasteiger partial charge on any atom is -0.488 e. The zero-order chi connectivity index (χ0) is 18.8. The largest absolute Gasteiger partial charge is 0.488 e. The Morgan fingerprint density at radius 3 is 2.58 bits per heavy atom. The molecule has 2 aromatic rings. The molecule has 0 bridgehead atoms. The standard InChI is InChI=1S/C19H20ClNO4S/c1-19(10-11-26(23,24)13-19)21-18(22)15-7-3-5-9-17(15)25-12-14-6-2-4-8-16(14)20/h2-9H,10-13H2,1H3,(H,21,22). The van der Waals surface area contributed by atoms with Crippen molar-refractivity contribution in [1.29, 1.82) is 0 Å². The van der Waals surface area contributed by atoms with Crippen molar-refractivity contribution in [3.63, 3.8) is 0 Å².